The Kier molecular flexibility index (Phi) is 7.36. The first-order chi connectivity index (χ1) is 17.6. The average Bonchev–Trinajstić information content (AvgIpc) is 3.35. The molecule has 0 saturated carbocycles. The Hall–Kier alpha value is -3.59. The van der Waals surface area contributed by atoms with E-state index >= 15 is 0 Å². The molecule has 0 unspecified atom stereocenters. The number of nitrogens with zero attached hydrogens (tertiary/aromatic N) is 5. The molecule has 2 aromatic heterocycles. The quantitative estimate of drug-likeness (QED) is 0.572. The van der Waals surface area contributed by atoms with Gasteiger partial charge in [-0.2, -0.15) is 0 Å². The number of fused-ring (bicyclic) bond motifs is 1. The lowest BCUT2D eigenvalue weighted by atomic mass is 10.0. The molecule has 5 rings (SSSR count). The molecule has 9 nitrogen and oxygen atoms in total. The van der Waals surface area contributed by atoms with Crippen molar-refractivity contribution in [1.82, 2.24) is 24.5 Å². The van der Waals surface area contributed by atoms with Crippen LogP contribution in [0.1, 0.15) is 35.8 Å². The van der Waals surface area contributed by atoms with E-state index in [1.54, 1.807) is 11.8 Å². The Morgan fingerprint density at radius 3 is 2.42 bits per heavy atom. The molecule has 0 atom stereocenters. The molecule has 1 aromatic carbocycles. The number of carbonyl (C=O) groups is 2. The number of aromatic nitrogens is 2. The first-order valence-corrected chi connectivity index (χ1v) is 12.8. The Labute approximate surface area is 211 Å². The van der Waals surface area contributed by atoms with Crippen LogP contribution in [-0.4, -0.2) is 83.1 Å². The summed E-state index contributed by atoms with van der Waals surface area (Å²) in [5.41, 5.74) is 3.99. The minimum atomic E-state index is -0.303. The first-order valence-electron chi connectivity index (χ1n) is 12.8. The van der Waals surface area contributed by atoms with E-state index in [0.717, 1.165) is 43.8 Å². The van der Waals surface area contributed by atoms with E-state index in [4.69, 9.17) is 4.74 Å². The summed E-state index contributed by atoms with van der Waals surface area (Å²) in [5, 5.41) is 3.70. The van der Waals surface area contributed by atoms with E-state index in [9.17, 15) is 9.59 Å². The molecule has 4 heterocycles. The molecule has 9 heteroatoms. The molecule has 0 aliphatic carbocycles. The van der Waals surface area contributed by atoms with Crippen molar-refractivity contribution >= 4 is 23.3 Å². The molecule has 0 bridgehead atoms. The topological polar surface area (TPSA) is 82.4 Å². The fourth-order valence-electron chi connectivity index (χ4n) is 5.01. The SMILES string of the molecule is CCOC(=O)N1CCN(C(=O)c2ccc(N3CCC(NCc4cnc5ccccn45)CC3)cc2)CC1. The summed E-state index contributed by atoms with van der Waals surface area (Å²) < 4.78 is 7.19. The highest BCUT2D eigenvalue weighted by atomic mass is 16.6. The van der Waals surface area contributed by atoms with Crippen LogP contribution < -0.4 is 10.2 Å². The van der Waals surface area contributed by atoms with Gasteiger partial charge in [-0.25, -0.2) is 9.78 Å². The third-order valence-electron chi connectivity index (χ3n) is 7.13. The second-order valence-electron chi connectivity index (χ2n) is 9.35. The Morgan fingerprint density at radius 2 is 1.69 bits per heavy atom. The monoisotopic (exact) mass is 490 g/mol. The van der Waals surface area contributed by atoms with Crippen molar-refractivity contribution in [2.75, 3.05) is 50.8 Å². The van der Waals surface area contributed by atoms with Crippen molar-refractivity contribution in [2.45, 2.75) is 32.4 Å². The number of piperidine rings is 1. The number of piperazine rings is 1. The molecule has 0 spiro atoms. The van der Waals surface area contributed by atoms with Crippen molar-refractivity contribution in [3.63, 3.8) is 0 Å². The predicted molar refractivity (Wildman–Crippen MR) is 138 cm³/mol. The lowest BCUT2D eigenvalue weighted by Crippen LogP contribution is -2.50. The number of carbonyl (C=O) groups excluding carboxylic acids is 2. The number of ether oxygens (including phenoxy) is 1. The van der Waals surface area contributed by atoms with Gasteiger partial charge >= 0.3 is 6.09 Å². The lowest BCUT2D eigenvalue weighted by Gasteiger charge is -2.35. The van der Waals surface area contributed by atoms with Crippen molar-refractivity contribution in [3.8, 4) is 0 Å². The van der Waals surface area contributed by atoms with E-state index < -0.39 is 0 Å². The van der Waals surface area contributed by atoms with Crippen LogP contribution in [0.4, 0.5) is 10.5 Å². The van der Waals surface area contributed by atoms with Crippen molar-refractivity contribution in [3.05, 3.63) is 66.1 Å². The molecule has 36 heavy (non-hydrogen) atoms. The average molecular weight is 491 g/mol. The number of amides is 2. The largest absolute Gasteiger partial charge is 0.450 e. The van der Waals surface area contributed by atoms with Gasteiger partial charge in [0.15, 0.2) is 0 Å². The number of anilines is 1. The summed E-state index contributed by atoms with van der Waals surface area (Å²) in [6.45, 7) is 6.98. The summed E-state index contributed by atoms with van der Waals surface area (Å²) in [4.78, 5) is 35.2. The number of imidazole rings is 1. The smallest absolute Gasteiger partial charge is 0.409 e. The molecule has 2 fully saturated rings. The summed E-state index contributed by atoms with van der Waals surface area (Å²) in [5.74, 6) is 0.0142. The highest BCUT2D eigenvalue weighted by Crippen LogP contribution is 2.22. The van der Waals surface area contributed by atoms with Crippen molar-refractivity contribution in [2.24, 2.45) is 0 Å². The number of hydrogen-bond donors (Lipinski definition) is 1. The van der Waals surface area contributed by atoms with Crippen LogP contribution >= 0.6 is 0 Å². The Bertz CT molecular complexity index is 1180. The fraction of sp³-hybridized carbons (Fsp3) is 0.444. The molecule has 190 valence electrons. The van der Waals surface area contributed by atoms with Gasteiger partial charge in [0, 0.05) is 69.3 Å². The zero-order chi connectivity index (χ0) is 24.9. The third kappa shape index (κ3) is 5.31. The van der Waals surface area contributed by atoms with Crippen LogP contribution in [0.5, 0.6) is 0 Å². The molecule has 2 aliphatic heterocycles. The number of pyridine rings is 1. The number of benzene rings is 1. The Morgan fingerprint density at radius 1 is 0.972 bits per heavy atom. The van der Waals surface area contributed by atoms with Crippen molar-refractivity contribution in [1.29, 1.82) is 0 Å². The van der Waals surface area contributed by atoms with Crippen LogP contribution in [-0.2, 0) is 11.3 Å². The second-order valence-corrected chi connectivity index (χ2v) is 9.35. The van der Waals surface area contributed by atoms with Gasteiger partial charge in [-0.05, 0) is 56.2 Å². The van der Waals surface area contributed by atoms with E-state index in [0.29, 0.717) is 44.4 Å². The standard InChI is InChI=1S/C27H34N6O3/c1-2-36-27(35)32-17-15-31(16-18-32)26(34)21-6-8-23(9-7-21)30-13-10-22(11-14-30)28-19-24-20-29-25-5-3-4-12-33(24)25/h3-9,12,20,22,28H,2,10-11,13-19H2,1H3. The van der Waals surface area contributed by atoms with Crippen LogP contribution in [0.3, 0.4) is 0 Å². The maximum atomic E-state index is 12.9. The minimum Gasteiger partial charge on any atom is -0.450 e. The van der Waals surface area contributed by atoms with Gasteiger partial charge in [0.1, 0.15) is 5.65 Å². The molecular weight excluding hydrogens is 456 g/mol. The molecule has 3 aromatic rings. The zero-order valence-electron chi connectivity index (χ0n) is 20.8. The summed E-state index contributed by atoms with van der Waals surface area (Å²) in [7, 11) is 0. The van der Waals surface area contributed by atoms with Gasteiger partial charge in [0.25, 0.3) is 5.91 Å². The highest BCUT2D eigenvalue weighted by Gasteiger charge is 2.26. The van der Waals surface area contributed by atoms with Crippen LogP contribution in [0.2, 0.25) is 0 Å². The van der Waals surface area contributed by atoms with Crippen LogP contribution in [0.15, 0.2) is 54.9 Å². The summed E-state index contributed by atoms with van der Waals surface area (Å²) in [6, 6.07) is 14.5. The van der Waals surface area contributed by atoms with Gasteiger partial charge < -0.3 is 29.2 Å². The van der Waals surface area contributed by atoms with E-state index in [1.807, 2.05) is 53.6 Å². The van der Waals surface area contributed by atoms with Crippen LogP contribution in [0.25, 0.3) is 5.65 Å². The van der Waals surface area contributed by atoms with Gasteiger partial charge in [0.2, 0.25) is 0 Å². The lowest BCUT2D eigenvalue weighted by molar-refractivity contribution is 0.0570. The molecule has 2 amide bonds. The number of nitrogens with one attached hydrogen (secondary N) is 1. The minimum absolute atomic E-state index is 0.0142. The predicted octanol–water partition coefficient (Wildman–Crippen LogP) is 3.01. The molecule has 2 aliphatic rings. The molecule has 1 N–H and O–H groups in total. The van der Waals surface area contributed by atoms with Gasteiger partial charge in [-0.1, -0.05) is 6.07 Å². The van der Waals surface area contributed by atoms with Crippen molar-refractivity contribution < 1.29 is 14.3 Å². The molecular formula is C27H34N6O3. The van der Waals surface area contributed by atoms with Gasteiger partial charge in [-0.15, -0.1) is 0 Å². The van der Waals surface area contributed by atoms with E-state index in [-0.39, 0.29) is 12.0 Å². The maximum absolute atomic E-state index is 12.9. The maximum Gasteiger partial charge on any atom is 0.409 e. The molecule has 0 radical (unpaired) electrons. The summed E-state index contributed by atoms with van der Waals surface area (Å²) >= 11 is 0. The fourth-order valence-corrected chi connectivity index (χ4v) is 5.01. The summed E-state index contributed by atoms with van der Waals surface area (Å²) in [6.07, 6.45) is 5.84. The van der Waals surface area contributed by atoms with Gasteiger partial charge in [0.05, 0.1) is 18.5 Å². The first kappa shape index (κ1) is 24.1. The van der Waals surface area contributed by atoms with Crippen LogP contribution in [0, 0.1) is 0 Å². The zero-order valence-corrected chi connectivity index (χ0v) is 20.8. The van der Waals surface area contributed by atoms with Gasteiger partial charge in [-0.3, -0.25) is 4.79 Å². The molecule has 2 saturated heterocycles. The second kappa shape index (κ2) is 11.0. The normalized spacial score (nSPS) is 17.0. The number of hydrogen-bond acceptors (Lipinski definition) is 6. The van der Waals surface area contributed by atoms with E-state index in [2.05, 4.69) is 25.8 Å². The Balaban J connectivity index is 1.09. The number of rotatable bonds is 6. The highest BCUT2D eigenvalue weighted by molar-refractivity contribution is 5.94. The van der Waals surface area contributed by atoms with E-state index in [1.165, 1.54) is 5.69 Å². The third-order valence-corrected chi connectivity index (χ3v) is 7.13.